The van der Waals surface area contributed by atoms with Gasteiger partial charge in [0.2, 0.25) is 5.91 Å². The van der Waals surface area contributed by atoms with E-state index in [9.17, 15) is 31.1 Å². The summed E-state index contributed by atoms with van der Waals surface area (Å²) in [6.07, 6.45) is -9.96. The highest BCUT2D eigenvalue weighted by Gasteiger charge is 2.32. The molecule has 0 aromatic heterocycles. The molecule has 1 amide bonds. The van der Waals surface area contributed by atoms with Gasteiger partial charge in [0, 0.05) is 0 Å². The van der Waals surface area contributed by atoms with Crippen LogP contribution in [0.5, 0.6) is 0 Å². The van der Waals surface area contributed by atoms with Crippen LogP contribution in [0.15, 0.2) is 18.2 Å². The van der Waals surface area contributed by atoms with Crippen molar-refractivity contribution in [1.29, 1.82) is 5.26 Å². The molecule has 0 heterocycles. The minimum absolute atomic E-state index is 0.336. The molecule has 0 saturated carbocycles. The van der Waals surface area contributed by atoms with Gasteiger partial charge in [-0.2, -0.15) is 31.6 Å². The monoisotopic (exact) mass is 325 g/mol. The third-order valence-corrected chi connectivity index (χ3v) is 2.34. The molecule has 22 heavy (non-hydrogen) atoms. The van der Waals surface area contributed by atoms with Crippen molar-refractivity contribution in [3.63, 3.8) is 0 Å². The van der Waals surface area contributed by atoms with E-state index in [1.54, 1.807) is 0 Å². The van der Waals surface area contributed by atoms with Crippen molar-refractivity contribution in [2.24, 2.45) is 0 Å². The Bertz CT molecular complexity index is 588. The van der Waals surface area contributed by atoms with Crippen molar-refractivity contribution in [3.05, 3.63) is 23.8 Å². The molecule has 1 rings (SSSR count). The topological polar surface area (TPSA) is 64.9 Å². The molecule has 1 aromatic carbocycles. The largest absolute Gasteiger partial charge is 0.416 e. The number of carbonyl (C=O) groups excluding carboxylic acids is 1. The van der Waals surface area contributed by atoms with Gasteiger partial charge in [-0.3, -0.25) is 4.79 Å². The highest BCUT2D eigenvalue weighted by atomic mass is 19.4. The average Bonchev–Trinajstić information content (AvgIpc) is 2.35. The van der Waals surface area contributed by atoms with Crippen LogP contribution in [0.3, 0.4) is 0 Å². The Labute approximate surface area is 120 Å². The van der Waals surface area contributed by atoms with Gasteiger partial charge < -0.3 is 10.6 Å². The van der Waals surface area contributed by atoms with E-state index in [2.05, 4.69) is 0 Å². The Hall–Kier alpha value is -2.44. The first kappa shape index (κ1) is 17.6. The van der Waals surface area contributed by atoms with Crippen LogP contribution in [0.1, 0.15) is 12.0 Å². The van der Waals surface area contributed by atoms with Gasteiger partial charge in [-0.15, -0.1) is 0 Å². The van der Waals surface area contributed by atoms with Crippen LogP contribution in [0.2, 0.25) is 0 Å². The fraction of sp³-hybridized carbons (Fsp3) is 0.333. The van der Waals surface area contributed by atoms with E-state index < -0.39 is 42.5 Å². The Kier molecular flexibility index (Phi) is 5.24. The first-order valence-corrected chi connectivity index (χ1v) is 5.71. The molecular weight excluding hydrogens is 316 g/mol. The molecule has 0 bridgehead atoms. The second-order valence-electron chi connectivity index (χ2n) is 4.11. The number of nitrogens with zero attached hydrogens (tertiary/aromatic N) is 1. The Morgan fingerprint density at radius 2 is 1.77 bits per heavy atom. The highest BCUT2D eigenvalue weighted by molar-refractivity contribution is 5.95. The van der Waals surface area contributed by atoms with E-state index >= 15 is 0 Å². The Balaban J connectivity index is 3.09. The lowest BCUT2D eigenvalue weighted by atomic mass is 10.1. The van der Waals surface area contributed by atoms with Gasteiger partial charge in [-0.1, -0.05) is 0 Å². The van der Waals surface area contributed by atoms with Crippen molar-refractivity contribution in [1.82, 2.24) is 0 Å². The van der Waals surface area contributed by atoms with Crippen LogP contribution >= 0.6 is 0 Å². The van der Waals surface area contributed by atoms with E-state index in [4.69, 9.17) is 5.26 Å². The van der Waals surface area contributed by atoms with Gasteiger partial charge in [-0.25, -0.2) is 0 Å². The molecule has 0 spiro atoms. The molecule has 0 radical (unpaired) electrons. The van der Waals surface area contributed by atoms with Gasteiger partial charge in [-0.05, 0) is 18.2 Å². The normalized spacial score (nSPS) is 11.7. The summed E-state index contributed by atoms with van der Waals surface area (Å²) in [6, 6.07) is 3.32. The summed E-state index contributed by atoms with van der Waals surface area (Å²) in [7, 11) is 0. The SMILES string of the molecule is N#CCC(=O)Nc1cc(C(F)(F)F)ccc1NCC(F)(F)F. The van der Waals surface area contributed by atoms with Crippen LogP contribution in [-0.4, -0.2) is 18.6 Å². The van der Waals surface area contributed by atoms with Crippen LogP contribution in [0, 0.1) is 11.3 Å². The van der Waals surface area contributed by atoms with Crippen molar-refractivity contribution in [3.8, 4) is 6.07 Å². The molecule has 0 aliphatic carbocycles. The molecule has 0 saturated heterocycles. The second-order valence-corrected chi connectivity index (χ2v) is 4.11. The number of alkyl halides is 6. The smallest absolute Gasteiger partial charge is 0.375 e. The maximum Gasteiger partial charge on any atom is 0.416 e. The summed E-state index contributed by atoms with van der Waals surface area (Å²) >= 11 is 0. The van der Waals surface area contributed by atoms with Gasteiger partial charge in [0.05, 0.1) is 23.0 Å². The molecule has 120 valence electrons. The van der Waals surface area contributed by atoms with E-state index in [1.807, 2.05) is 10.6 Å². The zero-order valence-corrected chi connectivity index (χ0v) is 10.8. The minimum Gasteiger partial charge on any atom is -0.375 e. The summed E-state index contributed by atoms with van der Waals surface area (Å²) in [5.74, 6) is -0.933. The third-order valence-electron chi connectivity index (χ3n) is 2.34. The maximum absolute atomic E-state index is 12.6. The number of benzene rings is 1. The minimum atomic E-state index is -4.72. The molecule has 4 nitrogen and oxygen atoms in total. The zero-order chi connectivity index (χ0) is 17.0. The van der Waals surface area contributed by atoms with Gasteiger partial charge in [0.25, 0.3) is 0 Å². The second kappa shape index (κ2) is 6.55. The summed E-state index contributed by atoms with van der Waals surface area (Å²) < 4.78 is 74.2. The first-order chi connectivity index (χ1) is 10.0. The van der Waals surface area contributed by atoms with Crippen LogP contribution in [0.4, 0.5) is 37.7 Å². The number of hydrogen-bond donors (Lipinski definition) is 2. The van der Waals surface area contributed by atoms with Crippen LogP contribution < -0.4 is 10.6 Å². The van der Waals surface area contributed by atoms with E-state index in [0.717, 1.165) is 6.07 Å². The number of amides is 1. The number of carbonyl (C=O) groups is 1. The van der Waals surface area contributed by atoms with Crippen molar-refractivity contribution < 1.29 is 31.1 Å². The van der Waals surface area contributed by atoms with Gasteiger partial charge in [0.1, 0.15) is 13.0 Å². The number of halogens is 6. The van der Waals surface area contributed by atoms with Crippen LogP contribution in [0.25, 0.3) is 0 Å². The quantitative estimate of drug-likeness (QED) is 0.832. The number of rotatable bonds is 4. The standard InChI is InChI=1S/C12H9F6N3O/c13-11(14,15)6-20-8-2-1-7(12(16,17)18)5-9(8)21-10(22)3-4-19/h1-2,5,20H,3,6H2,(H,21,22). The molecule has 2 N–H and O–H groups in total. The molecule has 10 heteroatoms. The highest BCUT2D eigenvalue weighted by Crippen LogP contribution is 2.34. The fourth-order valence-electron chi connectivity index (χ4n) is 1.44. The van der Waals surface area contributed by atoms with E-state index in [-0.39, 0.29) is 5.69 Å². The fourth-order valence-corrected chi connectivity index (χ4v) is 1.44. The molecule has 0 atom stereocenters. The van der Waals surface area contributed by atoms with E-state index in [1.165, 1.54) is 6.07 Å². The molecule has 0 aliphatic rings. The van der Waals surface area contributed by atoms with Crippen molar-refractivity contribution in [2.75, 3.05) is 17.2 Å². The lowest BCUT2D eigenvalue weighted by Gasteiger charge is -2.16. The number of nitrogens with one attached hydrogen (secondary N) is 2. The average molecular weight is 325 g/mol. The van der Waals surface area contributed by atoms with Crippen LogP contribution in [-0.2, 0) is 11.0 Å². The summed E-state index contributed by atoms with van der Waals surface area (Å²) in [5, 5.41) is 12.2. The lowest BCUT2D eigenvalue weighted by Crippen LogP contribution is -2.22. The van der Waals surface area contributed by atoms with Crippen molar-refractivity contribution in [2.45, 2.75) is 18.8 Å². The number of nitriles is 1. The third kappa shape index (κ3) is 5.51. The zero-order valence-electron chi connectivity index (χ0n) is 10.8. The Morgan fingerprint density at radius 3 is 2.27 bits per heavy atom. The summed E-state index contributed by atoms with van der Waals surface area (Å²) in [5.41, 5.74) is -1.96. The van der Waals surface area contributed by atoms with Gasteiger partial charge >= 0.3 is 12.4 Å². The lowest BCUT2D eigenvalue weighted by molar-refractivity contribution is -0.137. The van der Waals surface area contributed by atoms with E-state index in [0.29, 0.717) is 12.1 Å². The number of hydrogen-bond acceptors (Lipinski definition) is 3. The van der Waals surface area contributed by atoms with Crippen molar-refractivity contribution >= 4 is 17.3 Å². The first-order valence-electron chi connectivity index (χ1n) is 5.71. The predicted octanol–water partition coefficient (Wildman–Crippen LogP) is 3.53. The molecule has 0 aliphatic heterocycles. The molecule has 1 aromatic rings. The maximum atomic E-state index is 12.6. The predicted molar refractivity (Wildman–Crippen MR) is 64.8 cm³/mol. The number of anilines is 2. The molecular formula is C12H9F6N3O. The molecule has 0 fully saturated rings. The summed E-state index contributed by atoms with van der Waals surface area (Å²) in [4.78, 5) is 11.3. The Morgan fingerprint density at radius 1 is 1.14 bits per heavy atom. The van der Waals surface area contributed by atoms with Gasteiger partial charge in [0.15, 0.2) is 0 Å². The summed E-state index contributed by atoms with van der Waals surface area (Å²) in [6.45, 7) is -1.49. The molecule has 0 unspecified atom stereocenters.